The molecule has 102 valence electrons. The Morgan fingerprint density at radius 2 is 2.42 bits per heavy atom. The van der Waals surface area contributed by atoms with Crippen LogP contribution in [-0.2, 0) is 0 Å². The van der Waals surface area contributed by atoms with Gasteiger partial charge < -0.3 is 9.73 Å². The fourth-order valence-corrected chi connectivity index (χ4v) is 4.31. The lowest BCUT2D eigenvalue weighted by molar-refractivity contribution is 0.422. The standard InChI is InChI=1S/C15H18ClNOS/c1-2-17-14(13-7-4-8-19-13)12-9-10-5-3-6-11(16)15(10)18-12/h3,5-6,9,13-14,17H,2,4,7-8H2,1H3. The number of hydrogen-bond donors (Lipinski definition) is 1. The van der Waals surface area contributed by atoms with Gasteiger partial charge in [-0.3, -0.25) is 0 Å². The van der Waals surface area contributed by atoms with Crippen LogP contribution in [0.3, 0.4) is 0 Å². The average molecular weight is 296 g/mol. The van der Waals surface area contributed by atoms with Gasteiger partial charge in [0, 0.05) is 10.6 Å². The first-order valence-electron chi connectivity index (χ1n) is 6.82. The van der Waals surface area contributed by atoms with Gasteiger partial charge in [0.1, 0.15) is 5.76 Å². The van der Waals surface area contributed by atoms with Gasteiger partial charge in [-0.05, 0) is 37.3 Å². The molecule has 0 aliphatic carbocycles. The van der Waals surface area contributed by atoms with E-state index in [9.17, 15) is 0 Å². The minimum absolute atomic E-state index is 0.293. The predicted octanol–water partition coefficient (Wildman–Crippen LogP) is 4.63. The van der Waals surface area contributed by atoms with Crippen molar-refractivity contribution in [1.29, 1.82) is 0 Å². The molecule has 4 heteroatoms. The Kier molecular flexibility index (Phi) is 4.06. The van der Waals surface area contributed by atoms with Crippen molar-refractivity contribution in [3.8, 4) is 0 Å². The Bertz CT molecular complexity index is 562. The zero-order chi connectivity index (χ0) is 13.2. The van der Waals surface area contributed by atoms with Gasteiger partial charge in [-0.15, -0.1) is 0 Å². The number of halogens is 1. The topological polar surface area (TPSA) is 25.2 Å². The number of fused-ring (bicyclic) bond motifs is 1. The van der Waals surface area contributed by atoms with E-state index in [2.05, 4.69) is 24.4 Å². The Labute approximate surface area is 122 Å². The van der Waals surface area contributed by atoms with Gasteiger partial charge in [0.05, 0.1) is 11.1 Å². The molecule has 2 unspecified atom stereocenters. The van der Waals surface area contributed by atoms with Crippen LogP contribution in [0, 0.1) is 0 Å². The van der Waals surface area contributed by atoms with Gasteiger partial charge in [-0.1, -0.05) is 30.7 Å². The first-order chi connectivity index (χ1) is 9.29. The van der Waals surface area contributed by atoms with E-state index in [1.54, 1.807) is 0 Å². The van der Waals surface area contributed by atoms with E-state index in [1.165, 1.54) is 18.6 Å². The van der Waals surface area contributed by atoms with Crippen LogP contribution in [0.2, 0.25) is 5.02 Å². The maximum Gasteiger partial charge on any atom is 0.152 e. The van der Waals surface area contributed by atoms with Crippen LogP contribution in [0.5, 0.6) is 0 Å². The summed E-state index contributed by atoms with van der Waals surface area (Å²) in [5, 5.41) is 5.96. The third kappa shape index (κ3) is 2.64. The molecule has 2 atom stereocenters. The van der Waals surface area contributed by atoms with Gasteiger partial charge in [0.2, 0.25) is 0 Å². The van der Waals surface area contributed by atoms with E-state index < -0.39 is 0 Å². The maximum atomic E-state index is 6.19. The molecule has 0 saturated carbocycles. The largest absolute Gasteiger partial charge is 0.458 e. The molecule has 1 N–H and O–H groups in total. The van der Waals surface area contributed by atoms with Gasteiger partial charge in [0.15, 0.2) is 5.58 Å². The second-order valence-electron chi connectivity index (χ2n) is 4.89. The number of nitrogens with one attached hydrogen (secondary N) is 1. The quantitative estimate of drug-likeness (QED) is 0.890. The highest BCUT2D eigenvalue weighted by Crippen LogP contribution is 2.38. The minimum Gasteiger partial charge on any atom is -0.458 e. The van der Waals surface area contributed by atoms with E-state index in [0.29, 0.717) is 16.3 Å². The summed E-state index contributed by atoms with van der Waals surface area (Å²) in [5.74, 6) is 2.28. The van der Waals surface area contributed by atoms with Crippen LogP contribution in [0.25, 0.3) is 11.0 Å². The number of thioether (sulfide) groups is 1. The third-order valence-electron chi connectivity index (χ3n) is 3.58. The van der Waals surface area contributed by atoms with Crippen LogP contribution in [0.1, 0.15) is 31.6 Å². The molecule has 1 aromatic carbocycles. The molecule has 0 spiro atoms. The smallest absolute Gasteiger partial charge is 0.152 e. The van der Waals surface area contributed by atoms with Gasteiger partial charge in [-0.2, -0.15) is 11.8 Å². The summed E-state index contributed by atoms with van der Waals surface area (Å²) in [6.07, 6.45) is 2.56. The summed E-state index contributed by atoms with van der Waals surface area (Å²) in [6, 6.07) is 8.33. The lowest BCUT2D eigenvalue weighted by atomic mass is 10.1. The summed E-state index contributed by atoms with van der Waals surface area (Å²) in [7, 11) is 0. The Morgan fingerprint density at radius 1 is 1.53 bits per heavy atom. The number of benzene rings is 1. The maximum absolute atomic E-state index is 6.19. The number of hydrogen-bond acceptors (Lipinski definition) is 3. The van der Waals surface area contributed by atoms with Crippen molar-refractivity contribution >= 4 is 34.3 Å². The van der Waals surface area contributed by atoms with Gasteiger partial charge in [-0.25, -0.2) is 0 Å². The summed E-state index contributed by atoms with van der Waals surface area (Å²) in [6.45, 7) is 3.09. The van der Waals surface area contributed by atoms with Crippen molar-refractivity contribution in [3.05, 3.63) is 35.0 Å². The van der Waals surface area contributed by atoms with Crippen LogP contribution >= 0.6 is 23.4 Å². The highest BCUT2D eigenvalue weighted by Gasteiger charge is 2.29. The predicted molar refractivity (Wildman–Crippen MR) is 83.1 cm³/mol. The van der Waals surface area contributed by atoms with Crippen molar-refractivity contribution in [2.75, 3.05) is 12.3 Å². The van der Waals surface area contributed by atoms with Crippen molar-refractivity contribution in [2.24, 2.45) is 0 Å². The first-order valence-corrected chi connectivity index (χ1v) is 8.25. The molecular formula is C15H18ClNOS. The molecule has 0 radical (unpaired) electrons. The summed E-state index contributed by atoms with van der Waals surface area (Å²) in [4.78, 5) is 0. The molecule has 1 aliphatic heterocycles. The average Bonchev–Trinajstić information content (AvgIpc) is 3.05. The van der Waals surface area contributed by atoms with Crippen LogP contribution < -0.4 is 5.32 Å². The van der Waals surface area contributed by atoms with Crippen molar-refractivity contribution < 1.29 is 4.42 Å². The second kappa shape index (κ2) is 5.78. The number of furan rings is 1. The summed E-state index contributed by atoms with van der Waals surface area (Å²) in [5.41, 5.74) is 0.810. The Morgan fingerprint density at radius 3 is 3.11 bits per heavy atom. The molecule has 2 heterocycles. The van der Waals surface area contributed by atoms with E-state index in [0.717, 1.165) is 23.3 Å². The molecule has 1 saturated heterocycles. The number of para-hydroxylation sites is 1. The second-order valence-corrected chi connectivity index (χ2v) is 6.65. The molecule has 0 bridgehead atoms. The van der Waals surface area contributed by atoms with Gasteiger partial charge >= 0.3 is 0 Å². The van der Waals surface area contributed by atoms with Gasteiger partial charge in [0.25, 0.3) is 0 Å². The normalized spacial score (nSPS) is 21.1. The molecule has 0 amide bonds. The van der Waals surface area contributed by atoms with Crippen LogP contribution in [0.4, 0.5) is 0 Å². The van der Waals surface area contributed by atoms with Crippen LogP contribution in [-0.4, -0.2) is 17.5 Å². The molecule has 3 rings (SSSR count). The minimum atomic E-state index is 0.293. The molecule has 19 heavy (non-hydrogen) atoms. The fourth-order valence-electron chi connectivity index (χ4n) is 2.70. The van der Waals surface area contributed by atoms with Crippen molar-refractivity contribution in [2.45, 2.75) is 31.1 Å². The molecule has 1 aliphatic rings. The lowest BCUT2D eigenvalue weighted by Gasteiger charge is -2.21. The first kappa shape index (κ1) is 13.3. The summed E-state index contributed by atoms with van der Waals surface area (Å²) < 4.78 is 6.02. The van der Waals surface area contributed by atoms with Crippen molar-refractivity contribution in [3.63, 3.8) is 0 Å². The summed E-state index contributed by atoms with van der Waals surface area (Å²) >= 11 is 8.24. The number of rotatable bonds is 4. The molecule has 2 aromatic rings. The highest BCUT2D eigenvalue weighted by molar-refractivity contribution is 8.00. The Balaban J connectivity index is 1.97. The fraction of sp³-hybridized carbons (Fsp3) is 0.467. The van der Waals surface area contributed by atoms with E-state index in [1.807, 2.05) is 23.9 Å². The van der Waals surface area contributed by atoms with E-state index >= 15 is 0 Å². The zero-order valence-electron chi connectivity index (χ0n) is 11.0. The van der Waals surface area contributed by atoms with E-state index in [4.69, 9.17) is 16.0 Å². The molecule has 2 nitrogen and oxygen atoms in total. The van der Waals surface area contributed by atoms with Crippen LogP contribution in [0.15, 0.2) is 28.7 Å². The Hall–Kier alpha value is -0.640. The third-order valence-corrected chi connectivity index (χ3v) is 5.34. The molecule has 1 aromatic heterocycles. The SMILES string of the molecule is CCNC(c1cc2cccc(Cl)c2o1)C1CCCS1. The van der Waals surface area contributed by atoms with E-state index in [-0.39, 0.29) is 0 Å². The highest BCUT2D eigenvalue weighted by atomic mass is 35.5. The lowest BCUT2D eigenvalue weighted by Crippen LogP contribution is -2.28. The monoisotopic (exact) mass is 295 g/mol. The zero-order valence-corrected chi connectivity index (χ0v) is 12.6. The molecular weight excluding hydrogens is 278 g/mol. The van der Waals surface area contributed by atoms with Crippen molar-refractivity contribution in [1.82, 2.24) is 5.32 Å². The molecule has 1 fully saturated rings.